The Morgan fingerprint density at radius 1 is 1.33 bits per heavy atom. The van der Waals surface area contributed by atoms with Crippen LogP contribution in [-0.4, -0.2) is 5.11 Å². The molecular formula is C7H6BrO. The van der Waals surface area contributed by atoms with Gasteiger partial charge in [0.15, 0.2) is 0 Å². The van der Waals surface area contributed by atoms with Crippen molar-refractivity contribution in [1.82, 2.24) is 0 Å². The largest absolute Gasteiger partial charge is 0.385 e. The Labute approximate surface area is 62.5 Å². The second kappa shape index (κ2) is 2.99. The number of hydrogen-bond donors (Lipinski definition) is 1. The fourth-order valence-electron chi connectivity index (χ4n) is 0.580. The summed E-state index contributed by atoms with van der Waals surface area (Å²) in [5, 5.41) is 8.56. The normalized spacial score (nSPS) is 9.56. The van der Waals surface area contributed by atoms with Gasteiger partial charge in [0.2, 0.25) is 0 Å². The lowest BCUT2D eigenvalue weighted by Gasteiger charge is -1.95. The van der Waals surface area contributed by atoms with Gasteiger partial charge in [-0.2, -0.15) is 0 Å². The summed E-state index contributed by atoms with van der Waals surface area (Å²) < 4.78 is 0.910. The summed E-state index contributed by atoms with van der Waals surface area (Å²) in [6.45, 7) is 1.07. The summed E-state index contributed by atoms with van der Waals surface area (Å²) >= 11 is 3.27. The first-order chi connectivity index (χ1) is 4.34. The third-order valence-electron chi connectivity index (χ3n) is 1.04. The van der Waals surface area contributed by atoms with Crippen LogP contribution in [0.4, 0.5) is 0 Å². The topological polar surface area (TPSA) is 20.2 Å². The molecule has 0 bridgehead atoms. The maximum atomic E-state index is 8.56. The maximum absolute atomic E-state index is 8.56. The molecule has 0 aliphatic rings. The van der Waals surface area contributed by atoms with E-state index in [0.29, 0.717) is 0 Å². The van der Waals surface area contributed by atoms with E-state index in [1.807, 2.05) is 24.3 Å². The molecular weight excluding hydrogens is 180 g/mol. The monoisotopic (exact) mass is 185 g/mol. The highest BCUT2D eigenvalue weighted by atomic mass is 79.9. The molecule has 0 aliphatic heterocycles. The average molecular weight is 186 g/mol. The van der Waals surface area contributed by atoms with Gasteiger partial charge in [0.05, 0.1) is 0 Å². The Morgan fingerprint density at radius 3 is 2.44 bits per heavy atom. The zero-order chi connectivity index (χ0) is 6.69. The number of hydrogen-bond acceptors (Lipinski definition) is 1. The minimum Gasteiger partial charge on any atom is -0.385 e. The van der Waals surface area contributed by atoms with Crippen molar-refractivity contribution in [2.75, 3.05) is 0 Å². The molecule has 0 aromatic heterocycles. The molecule has 1 radical (unpaired) electrons. The van der Waals surface area contributed by atoms with Gasteiger partial charge in [-0.1, -0.05) is 34.1 Å². The van der Waals surface area contributed by atoms with Gasteiger partial charge < -0.3 is 5.11 Å². The highest BCUT2D eigenvalue weighted by Gasteiger charge is 1.93. The maximum Gasteiger partial charge on any atom is 0.110 e. The van der Waals surface area contributed by atoms with E-state index in [0.717, 1.165) is 16.6 Å². The molecule has 1 aromatic rings. The molecule has 0 heterocycles. The van der Waals surface area contributed by atoms with Gasteiger partial charge in [0.25, 0.3) is 0 Å². The van der Waals surface area contributed by atoms with Crippen LogP contribution in [-0.2, 0) is 0 Å². The summed E-state index contributed by atoms with van der Waals surface area (Å²) in [4.78, 5) is 0. The Balaban J connectivity index is 3.01. The highest BCUT2D eigenvalue weighted by Crippen LogP contribution is 2.15. The predicted octanol–water partition coefficient (Wildman–Crippen LogP) is 2.33. The number of aliphatic hydroxyl groups excluding tert-OH is 1. The van der Waals surface area contributed by atoms with E-state index in [2.05, 4.69) is 15.9 Å². The quantitative estimate of drug-likeness (QED) is 0.713. The van der Waals surface area contributed by atoms with Crippen molar-refractivity contribution in [2.24, 2.45) is 0 Å². The Hall–Kier alpha value is -0.340. The van der Waals surface area contributed by atoms with Crippen molar-refractivity contribution in [3.8, 4) is 0 Å². The molecule has 47 valence electrons. The number of aliphatic hydroxyl groups is 1. The first-order valence-corrected chi connectivity index (χ1v) is 3.36. The standard InChI is InChI=1S/C7H6BrO/c8-7-4-2-1-3-6(7)5-9/h1-5,9H. The van der Waals surface area contributed by atoms with Crippen LogP contribution in [0.25, 0.3) is 0 Å². The molecule has 0 unspecified atom stereocenters. The molecule has 0 amide bonds. The van der Waals surface area contributed by atoms with Crippen LogP contribution in [0.1, 0.15) is 5.56 Å². The van der Waals surface area contributed by atoms with Crippen LogP contribution in [0.2, 0.25) is 0 Å². The number of benzene rings is 1. The summed E-state index contributed by atoms with van der Waals surface area (Å²) in [6, 6.07) is 7.47. The molecule has 1 N–H and O–H groups in total. The van der Waals surface area contributed by atoms with Gasteiger partial charge in [-0.15, -0.1) is 0 Å². The van der Waals surface area contributed by atoms with E-state index >= 15 is 0 Å². The van der Waals surface area contributed by atoms with Crippen LogP contribution in [0.3, 0.4) is 0 Å². The van der Waals surface area contributed by atoms with E-state index < -0.39 is 0 Å². The van der Waals surface area contributed by atoms with Crippen LogP contribution >= 0.6 is 15.9 Å². The van der Waals surface area contributed by atoms with Gasteiger partial charge in [0, 0.05) is 4.47 Å². The molecule has 0 fully saturated rings. The molecule has 1 nitrogen and oxygen atoms in total. The van der Waals surface area contributed by atoms with Crippen molar-refractivity contribution in [3.63, 3.8) is 0 Å². The van der Waals surface area contributed by atoms with Crippen LogP contribution in [0.15, 0.2) is 28.7 Å². The summed E-state index contributed by atoms with van der Waals surface area (Å²) in [7, 11) is 0. The molecule has 2 heteroatoms. The Morgan fingerprint density at radius 2 is 2.00 bits per heavy atom. The van der Waals surface area contributed by atoms with Crippen molar-refractivity contribution < 1.29 is 5.11 Å². The first-order valence-electron chi connectivity index (χ1n) is 2.56. The molecule has 0 saturated heterocycles. The van der Waals surface area contributed by atoms with Crippen LogP contribution in [0, 0.1) is 6.61 Å². The highest BCUT2D eigenvalue weighted by molar-refractivity contribution is 9.10. The lowest BCUT2D eigenvalue weighted by atomic mass is 10.2. The van der Waals surface area contributed by atoms with Crippen LogP contribution < -0.4 is 0 Å². The van der Waals surface area contributed by atoms with E-state index in [9.17, 15) is 0 Å². The van der Waals surface area contributed by atoms with E-state index in [1.54, 1.807) is 0 Å². The van der Waals surface area contributed by atoms with Crippen molar-refractivity contribution >= 4 is 15.9 Å². The smallest absolute Gasteiger partial charge is 0.110 e. The third-order valence-corrected chi connectivity index (χ3v) is 1.77. The molecule has 0 spiro atoms. The van der Waals surface area contributed by atoms with Crippen molar-refractivity contribution in [2.45, 2.75) is 0 Å². The zero-order valence-electron chi connectivity index (χ0n) is 4.71. The van der Waals surface area contributed by atoms with E-state index in [1.165, 1.54) is 0 Å². The van der Waals surface area contributed by atoms with Crippen molar-refractivity contribution in [3.05, 3.63) is 40.9 Å². The molecule has 0 saturated carbocycles. The van der Waals surface area contributed by atoms with Crippen molar-refractivity contribution in [1.29, 1.82) is 0 Å². The fraction of sp³-hybridized carbons (Fsp3) is 0. The third kappa shape index (κ3) is 1.53. The second-order valence-electron chi connectivity index (χ2n) is 1.65. The molecule has 0 aliphatic carbocycles. The van der Waals surface area contributed by atoms with Gasteiger partial charge in [-0.05, 0) is 11.6 Å². The predicted molar refractivity (Wildman–Crippen MR) is 39.5 cm³/mol. The minimum atomic E-state index is 0.803. The van der Waals surface area contributed by atoms with Gasteiger partial charge in [-0.3, -0.25) is 0 Å². The lowest BCUT2D eigenvalue weighted by molar-refractivity contribution is 0.414. The van der Waals surface area contributed by atoms with E-state index in [4.69, 9.17) is 5.11 Å². The molecule has 1 rings (SSSR count). The molecule has 0 atom stereocenters. The summed E-state index contributed by atoms with van der Waals surface area (Å²) in [5.41, 5.74) is 0.803. The second-order valence-corrected chi connectivity index (χ2v) is 2.50. The number of rotatable bonds is 1. The summed E-state index contributed by atoms with van der Waals surface area (Å²) in [5.74, 6) is 0. The Bertz CT molecular complexity index is 198. The molecule has 9 heavy (non-hydrogen) atoms. The first kappa shape index (κ1) is 6.78. The fourth-order valence-corrected chi connectivity index (χ4v) is 0.967. The molecule has 1 aromatic carbocycles. The SMILES string of the molecule is O[CH]c1ccccc1Br. The van der Waals surface area contributed by atoms with E-state index in [-0.39, 0.29) is 0 Å². The Kier molecular flexibility index (Phi) is 2.25. The summed E-state index contributed by atoms with van der Waals surface area (Å²) in [6.07, 6.45) is 0. The lowest BCUT2D eigenvalue weighted by Crippen LogP contribution is -1.79. The van der Waals surface area contributed by atoms with Gasteiger partial charge >= 0.3 is 0 Å². The van der Waals surface area contributed by atoms with Gasteiger partial charge in [-0.25, -0.2) is 0 Å². The number of halogens is 1. The minimum absolute atomic E-state index is 0.803. The average Bonchev–Trinajstić information content (AvgIpc) is 1.89. The van der Waals surface area contributed by atoms with Gasteiger partial charge in [0.1, 0.15) is 6.61 Å². The van der Waals surface area contributed by atoms with Crippen LogP contribution in [0.5, 0.6) is 0 Å². The zero-order valence-corrected chi connectivity index (χ0v) is 6.30.